The Morgan fingerprint density at radius 3 is 2.09 bits per heavy atom. The number of alkyl halides is 3. The number of carbonyl (C=O) groups is 2. The summed E-state index contributed by atoms with van der Waals surface area (Å²) in [5.41, 5.74) is -2.95. The van der Waals surface area contributed by atoms with Crippen molar-refractivity contribution in [2.24, 2.45) is 5.92 Å². The number of nitrogens with zero attached hydrogens (tertiary/aromatic N) is 2. The Kier molecular flexibility index (Phi) is 9.18. The van der Waals surface area contributed by atoms with Crippen LogP contribution >= 0.6 is 34.7 Å². The van der Waals surface area contributed by atoms with Crippen LogP contribution in [0.1, 0.15) is 21.2 Å². The van der Waals surface area contributed by atoms with Crippen molar-refractivity contribution in [3.05, 3.63) is 129 Å². The molecule has 0 radical (unpaired) electrons. The SMILES string of the molecule is N#CC1=C(SCC(=O)N(c2ccccc2)c2ccccc2)NC(O)(C(F)(F)F)C(C(=O)c2cccs2)C1c1ccccc1Cl. The number of para-hydroxylation sites is 2. The summed E-state index contributed by atoms with van der Waals surface area (Å²) in [5.74, 6) is -5.72. The molecule has 2 heterocycles. The van der Waals surface area contributed by atoms with Gasteiger partial charge in [0.15, 0.2) is 5.78 Å². The fourth-order valence-corrected chi connectivity index (χ4v) is 7.02. The van der Waals surface area contributed by atoms with E-state index < -0.39 is 41.2 Å². The first-order valence-electron chi connectivity index (χ1n) is 13.2. The van der Waals surface area contributed by atoms with Crippen LogP contribution in [0.15, 0.2) is 113 Å². The molecule has 1 aliphatic heterocycles. The topological polar surface area (TPSA) is 93.4 Å². The Balaban J connectivity index is 1.61. The second-order valence-corrected chi connectivity index (χ2v) is 12.1. The largest absolute Gasteiger partial charge is 0.437 e. The maximum Gasteiger partial charge on any atom is 0.437 e. The molecule has 0 fully saturated rings. The second-order valence-electron chi connectivity index (χ2n) is 9.75. The Morgan fingerprint density at radius 2 is 1.57 bits per heavy atom. The number of ketones is 1. The molecular formula is C32H23ClF3N3O3S2. The molecule has 12 heteroatoms. The number of benzene rings is 3. The molecular weight excluding hydrogens is 631 g/mol. The summed E-state index contributed by atoms with van der Waals surface area (Å²) >= 11 is 7.99. The number of Topliss-reactive ketones (excluding diaryl/α,β-unsaturated/α-hetero) is 1. The number of amides is 1. The highest BCUT2D eigenvalue weighted by atomic mass is 35.5. The summed E-state index contributed by atoms with van der Waals surface area (Å²) in [7, 11) is 0. The van der Waals surface area contributed by atoms with E-state index in [-0.39, 0.29) is 26.1 Å². The van der Waals surface area contributed by atoms with Gasteiger partial charge in [0.2, 0.25) is 11.6 Å². The normalized spacial score (nSPS) is 20.0. The average molecular weight is 654 g/mol. The van der Waals surface area contributed by atoms with Crippen molar-refractivity contribution in [2.45, 2.75) is 17.8 Å². The molecule has 2 N–H and O–H groups in total. The van der Waals surface area contributed by atoms with Gasteiger partial charge < -0.3 is 10.4 Å². The van der Waals surface area contributed by atoms with Crippen molar-refractivity contribution < 1.29 is 27.9 Å². The number of hydrogen-bond donors (Lipinski definition) is 2. The number of nitrogens with one attached hydrogen (secondary N) is 1. The minimum atomic E-state index is -5.37. The van der Waals surface area contributed by atoms with Crippen LogP contribution in [0.5, 0.6) is 0 Å². The van der Waals surface area contributed by atoms with Crippen LogP contribution in [0, 0.1) is 17.2 Å². The standard InChI is InChI=1S/C32H23ClF3N3O3S2/c33-24-15-8-7-14-22(24)27-23(18-37)30(38-31(42,32(34,35)36)28(27)29(41)25-16-9-17-43-25)44-19-26(40)39(20-10-3-1-4-11-20)21-12-5-2-6-13-21/h1-17,27-28,38,42H,19H2. The van der Waals surface area contributed by atoms with Crippen molar-refractivity contribution in [3.63, 3.8) is 0 Å². The summed E-state index contributed by atoms with van der Waals surface area (Å²) in [6.07, 6.45) is -5.37. The van der Waals surface area contributed by atoms with Gasteiger partial charge in [0.05, 0.1) is 33.2 Å². The molecule has 4 aromatic rings. The first-order chi connectivity index (χ1) is 21.1. The van der Waals surface area contributed by atoms with Crippen LogP contribution in [0.3, 0.4) is 0 Å². The van der Waals surface area contributed by atoms with Crippen molar-refractivity contribution >= 4 is 57.8 Å². The highest BCUT2D eigenvalue weighted by Crippen LogP contribution is 2.52. The third kappa shape index (κ3) is 5.99. The average Bonchev–Trinajstić information content (AvgIpc) is 3.56. The molecule has 3 atom stereocenters. The van der Waals surface area contributed by atoms with Crippen molar-refractivity contribution in [1.29, 1.82) is 5.26 Å². The van der Waals surface area contributed by atoms with E-state index in [4.69, 9.17) is 11.6 Å². The number of hydrogen-bond acceptors (Lipinski definition) is 7. The lowest BCUT2D eigenvalue weighted by Crippen LogP contribution is -2.66. The van der Waals surface area contributed by atoms with Crippen LogP contribution in [0.4, 0.5) is 24.5 Å². The van der Waals surface area contributed by atoms with Gasteiger partial charge in [0.25, 0.3) is 0 Å². The van der Waals surface area contributed by atoms with Gasteiger partial charge in [-0.25, -0.2) is 0 Å². The van der Waals surface area contributed by atoms with Crippen LogP contribution in [0.2, 0.25) is 5.02 Å². The maximum atomic E-state index is 14.9. The number of carbonyl (C=O) groups excluding carboxylic acids is 2. The highest BCUT2D eigenvalue weighted by Gasteiger charge is 2.66. The quantitative estimate of drug-likeness (QED) is 0.190. The third-order valence-corrected chi connectivity index (χ3v) is 9.33. The lowest BCUT2D eigenvalue weighted by molar-refractivity contribution is -0.285. The Labute approximate surface area is 264 Å². The second kappa shape index (κ2) is 12.9. The predicted molar refractivity (Wildman–Crippen MR) is 166 cm³/mol. The summed E-state index contributed by atoms with van der Waals surface area (Å²) in [6.45, 7) is 0. The molecule has 1 aromatic heterocycles. The van der Waals surface area contributed by atoms with E-state index in [0.29, 0.717) is 23.1 Å². The minimum Gasteiger partial charge on any atom is -0.363 e. The van der Waals surface area contributed by atoms with E-state index in [0.717, 1.165) is 11.3 Å². The van der Waals surface area contributed by atoms with Gasteiger partial charge in [0.1, 0.15) is 0 Å². The maximum absolute atomic E-state index is 14.9. The van der Waals surface area contributed by atoms with Gasteiger partial charge in [-0.2, -0.15) is 18.4 Å². The van der Waals surface area contributed by atoms with Crippen molar-refractivity contribution in [1.82, 2.24) is 5.32 Å². The van der Waals surface area contributed by atoms with E-state index in [1.165, 1.54) is 40.6 Å². The molecule has 0 saturated carbocycles. The van der Waals surface area contributed by atoms with Gasteiger partial charge in [-0.15, -0.1) is 11.3 Å². The van der Waals surface area contributed by atoms with Gasteiger partial charge in [0, 0.05) is 22.3 Å². The van der Waals surface area contributed by atoms with Crippen molar-refractivity contribution in [3.8, 4) is 6.07 Å². The molecule has 1 amide bonds. The van der Waals surface area contributed by atoms with Gasteiger partial charge in [-0.05, 0) is 47.3 Å². The molecule has 3 aromatic carbocycles. The molecule has 0 spiro atoms. The Hall–Kier alpha value is -4.08. The Morgan fingerprint density at radius 1 is 0.977 bits per heavy atom. The summed E-state index contributed by atoms with van der Waals surface area (Å²) < 4.78 is 44.6. The van der Waals surface area contributed by atoms with Crippen LogP contribution in [-0.4, -0.2) is 34.5 Å². The molecule has 1 aliphatic rings. The smallest absolute Gasteiger partial charge is 0.363 e. The van der Waals surface area contributed by atoms with E-state index in [1.807, 2.05) is 6.07 Å². The van der Waals surface area contributed by atoms with Crippen molar-refractivity contribution in [2.75, 3.05) is 10.7 Å². The highest BCUT2D eigenvalue weighted by molar-refractivity contribution is 8.03. The van der Waals surface area contributed by atoms with E-state index in [9.17, 15) is 33.1 Å². The number of halogens is 4. The fourth-order valence-electron chi connectivity index (χ4n) is 5.11. The van der Waals surface area contributed by atoms with Crippen LogP contribution in [0.25, 0.3) is 0 Å². The van der Waals surface area contributed by atoms with Gasteiger partial charge in [-0.3, -0.25) is 14.5 Å². The predicted octanol–water partition coefficient (Wildman–Crippen LogP) is 7.67. The van der Waals surface area contributed by atoms with E-state index in [2.05, 4.69) is 5.32 Å². The monoisotopic (exact) mass is 653 g/mol. The summed E-state index contributed by atoms with van der Waals surface area (Å²) in [5, 5.41) is 25.0. The summed E-state index contributed by atoms with van der Waals surface area (Å²) in [4.78, 5) is 28.8. The lowest BCUT2D eigenvalue weighted by Gasteiger charge is -2.45. The number of thioether (sulfide) groups is 1. The summed E-state index contributed by atoms with van der Waals surface area (Å²) in [6, 6.07) is 28.1. The number of nitriles is 1. The number of rotatable bonds is 8. The van der Waals surface area contributed by atoms with Crippen LogP contribution < -0.4 is 10.2 Å². The molecule has 44 heavy (non-hydrogen) atoms. The molecule has 0 saturated heterocycles. The molecule has 6 nitrogen and oxygen atoms in total. The third-order valence-electron chi connectivity index (χ3n) is 7.10. The zero-order valence-electron chi connectivity index (χ0n) is 22.7. The van der Waals surface area contributed by atoms with Gasteiger partial charge >= 0.3 is 6.18 Å². The lowest BCUT2D eigenvalue weighted by atomic mass is 9.70. The first-order valence-corrected chi connectivity index (χ1v) is 15.4. The van der Waals surface area contributed by atoms with E-state index >= 15 is 0 Å². The fraction of sp³-hybridized carbons (Fsp3) is 0.156. The molecule has 5 rings (SSSR count). The number of allylic oxidation sites excluding steroid dienone is 1. The molecule has 0 aliphatic carbocycles. The van der Waals surface area contributed by atoms with E-state index in [1.54, 1.807) is 66.7 Å². The molecule has 3 unspecified atom stereocenters. The number of aliphatic hydroxyl groups is 1. The minimum absolute atomic E-state index is 0.0143. The Bertz CT molecular complexity index is 1690. The number of anilines is 2. The number of thiophene rings is 1. The zero-order valence-corrected chi connectivity index (χ0v) is 25.1. The molecule has 0 bridgehead atoms. The van der Waals surface area contributed by atoms with Crippen LogP contribution in [-0.2, 0) is 4.79 Å². The first kappa shape index (κ1) is 31.3. The molecule has 224 valence electrons. The zero-order chi connectivity index (χ0) is 31.5. The van der Waals surface area contributed by atoms with Gasteiger partial charge in [-0.1, -0.05) is 84.0 Å².